The van der Waals surface area contributed by atoms with Gasteiger partial charge in [-0.1, -0.05) is 89.9 Å². The third-order valence-electron chi connectivity index (χ3n) is 6.84. The summed E-state index contributed by atoms with van der Waals surface area (Å²) in [6, 6.07) is 31.8. The minimum Gasteiger partial charge on any atom is -0.361 e. The van der Waals surface area contributed by atoms with Crippen LogP contribution >= 0.6 is 23.2 Å². The van der Waals surface area contributed by atoms with E-state index >= 15 is 0 Å². The minimum atomic E-state index is -0.237. The fraction of sp³-hybridized carbons (Fsp3) is 0.161. The predicted octanol–water partition coefficient (Wildman–Crippen LogP) is 7.86. The number of anilines is 2. The van der Waals surface area contributed by atoms with Gasteiger partial charge in [0.15, 0.2) is 5.78 Å². The van der Waals surface area contributed by atoms with Crippen LogP contribution in [0.25, 0.3) is 0 Å². The minimum absolute atomic E-state index is 0.0142. The van der Waals surface area contributed by atoms with Gasteiger partial charge < -0.3 is 9.80 Å². The zero-order chi connectivity index (χ0) is 25.9. The second-order valence-electron chi connectivity index (χ2n) is 9.22. The molecule has 0 fully saturated rings. The van der Waals surface area contributed by atoms with Crippen molar-refractivity contribution < 1.29 is 9.59 Å². The van der Waals surface area contributed by atoms with Crippen LogP contribution in [0.5, 0.6) is 0 Å². The maximum absolute atomic E-state index is 14.0. The first-order valence-corrected chi connectivity index (χ1v) is 13.0. The average molecular weight is 529 g/mol. The first kappa shape index (κ1) is 25.1. The van der Waals surface area contributed by atoms with Gasteiger partial charge in [-0.3, -0.25) is 9.59 Å². The van der Waals surface area contributed by atoms with Crippen molar-refractivity contribution in [1.82, 2.24) is 0 Å². The van der Waals surface area contributed by atoms with Crippen LogP contribution in [0.15, 0.2) is 103 Å². The Bertz CT molecular complexity index is 1430. The van der Waals surface area contributed by atoms with E-state index in [1.807, 2.05) is 89.8 Å². The van der Waals surface area contributed by atoms with Crippen molar-refractivity contribution in [1.29, 1.82) is 0 Å². The van der Waals surface area contributed by atoms with Crippen molar-refractivity contribution in [2.45, 2.75) is 25.4 Å². The molecule has 37 heavy (non-hydrogen) atoms. The Hall–Kier alpha value is -3.60. The number of ketones is 1. The number of carbonyl (C=O) groups is 2. The monoisotopic (exact) mass is 528 g/mol. The van der Waals surface area contributed by atoms with Crippen LogP contribution in [0.4, 0.5) is 11.4 Å². The van der Waals surface area contributed by atoms with Crippen LogP contribution in [0.3, 0.4) is 0 Å². The Morgan fingerprint density at radius 1 is 0.811 bits per heavy atom. The maximum atomic E-state index is 14.0. The van der Waals surface area contributed by atoms with Crippen LogP contribution in [0.2, 0.25) is 10.0 Å². The van der Waals surface area contributed by atoms with Gasteiger partial charge in [-0.25, -0.2) is 0 Å². The van der Waals surface area contributed by atoms with Crippen LogP contribution < -0.4 is 9.80 Å². The van der Waals surface area contributed by atoms with E-state index in [0.717, 1.165) is 16.9 Å². The van der Waals surface area contributed by atoms with Crippen LogP contribution in [-0.4, -0.2) is 24.3 Å². The van der Waals surface area contributed by atoms with Gasteiger partial charge in [0.25, 0.3) is 5.91 Å². The Kier molecular flexibility index (Phi) is 7.31. The molecule has 186 valence electrons. The highest BCUT2D eigenvalue weighted by atomic mass is 35.5. The van der Waals surface area contributed by atoms with Gasteiger partial charge in [-0.2, -0.15) is 0 Å². The second-order valence-corrected chi connectivity index (χ2v) is 10.0. The summed E-state index contributed by atoms with van der Waals surface area (Å²) in [7, 11) is 0. The molecule has 0 spiro atoms. The van der Waals surface area contributed by atoms with Gasteiger partial charge in [0, 0.05) is 28.5 Å². The largest absolute Gasteiger partial charge is 0.361 e. The number of amides is 1. The van der Waals surface area contributed by atoms with E-state index in [1.54, 1.807) is 18.2 Å². The Labute approximate surface area is 227 Å². The topological polar surface area (TPSA) is 40.6 Å². The summed E-state index contributed by atoms with van der Waals surface area (Å²) in [5, 5.41) is 0.739. The first-order chi connectivity index (χ1) is 17.9. The zero-order valence-electron chi connectivity index (χ0n) is 20.4. The highest BCUT2D eigenvalue weighted by Gasteiger charge is 2.37. The molecule has 1 aliphatic rings. The lowest BCUT2D eigenvalue weighted by molar-refractivity contribution is 0.0965. The molecule has 0 radical (unpaired) electrons. The number of hydrogen-bond donors (Lipinski definition) is 0. The summed E-state index contributed by atoms with van der Waals surface area (Å²) >= 11 is 12.4. The maximum Gasteiger partial charge on any atom is 0.258 e. The molecule has 0 aromatic heterocycles. The first-order valence-electron chi connectivity index (χ1n) is 12.2. The third-order valence-corrected chi connectivity index (χ3v) is 7.58. The molecule has 6 heteroatoms. The lowest BCUT2D eigenvalue weighted by Crippen LogP contribution is -2.47. The molecule has 4 aromatic carbocycles. The number of Topliss-reactive ketones (excluding diaryl/α,β-unsaturated/α-hetero) is 1. The standard InChI is InChI=1S/C31H26Cl2N2O2/c1-21-18-29(25-14-8-9-15-28(25)34(21)20-30(36)22-10-4-2-5-11-22)35(24-12-6-3-7-13-24)31(37)23-16-17-26(32)27(33)19-23/h2-17,19,21,29H,18,20H2,1H3. The molecule has 2 atom stereocenters. The number of nitrogens with zero attached hydrogens (tertiary/aromatic N) is 2. The summed E-state index contributed by atoms with van der Waals surface area (Å²) in [5.74, 6) is -0.0990. The van der Waals surface area contributed by atoms with E-state index in [-0.39, 0.29) is 30.3 Å². The second kappa shape index (κ2) is 10.8. The molecule has 4 nitrogen and oxygen atoms in total. The van der Waals surface area contributed by atoms with Crippen molar-refractivity contribution in [2.24, 2.45) is 0 Å². The predicted molar refractivity (Wildman–Crippen MR) is 151 cm³/mol. The quantitative estimate of drug-likeness (QED) is 0.239. The number of para-hydroxylation sites is 2. The smallest absolute Gasteiger partial charge is 0.258 e. The Balaban J connectivity index is 1.55. The molecule has 1 amide bonds. The SMILES string of the molecule is CC1CC(N(C(=O)c2ccc(Cl)c(Cl)c2)c2ccccc2)c2ccccc2N1CC(=O)c1ccccc1. The summed E-state index contributed by atoms with van der Waals surface area (Å²) in [4.78, 5) is 31.1. The highest BCUT2D eigenvalue weighted by Crippen LogP contribution is 2.43. The van der Waals surface area contributed by atoms with E-state index in [1.165, 1.54) is 0 Å². The molecule has 4 aromatic rings. The molecule has 0 aliphatic carbocycles. The van der Waals surface area contributed by atoms with Gasteiger partial charge in [0.1, 0.15) is 0 Å². The Morgan fingerprint density at radius 2 is 1.46 bits per heavy atom. The molecular formula is C31H26Cl2N2O2. The molecule has 1 heterocycles. The highest BCUT2D eigenvalue weighted by molar-refractivity contribution is 6.42. The van der Waals surface area contributed by atoms with Crippen molar-refractivity contribution >= 4 is 46.3 Å². The van der Waals surface area contributed by atoms with Gasteiger partial charge in [0.2, 0.25) is 0 Å². The van der Waals surface area contributed by atoms with E-state index in [2.05, 4.69) is 11.8 Å². The van der Waals surface area contributed by atoms with Crippen LogP contribution in [0, 0.1) is 0 Å². The lowest BCUT2D eigenvalue weighted by atomic mass is 9.89. The average Bonchev–Trinajstić information content (AvgIpc) is 2.93. The number of benzene rings is 4. The van der Waals surface area contributed by atoms with Crippen molar-refractivity contribution in [2.75, 3.05) is 16.3 Å². The summed E-state index contributed by atoms with van der Waals surface area (Å²) < 4.78 is 0. The molecule has 0 saturated carbocycles. The van der Waals surface area contributed by atoms with Gasteiger partial charge in [-0.15, -0.1) is 0 Å². The summed E-state index contributed by atoms with van der Waals surface area (Å²) in [6.45, 7) is 2.37. The number of carbonyl (C=O) groups excluding carboxylic acids is 2. The molecule has 1 aliphatic heterocycles. The molecular weight excluding hydrogens is 503 g/mol. The van der Waals surface area contributed by atoms with E-state index in [9.17, 15) is 9.59 Å². The van der Waals surface area contributed by atoms with Crippen LogP contribution in [-0.2, 0) is 0 Å². The Morgan fingerprint density at radius 3 is 2.16 bits per heavy atom. The van der Waals surface area contributed by atoms with E-state index < -0.39 is 0 Å². The van der Waals surface area contributed by atoms with E-state index in [4.69, 9.17) is 23.2 Å². The number of rotatable bonds is 6. The van der Waals surface area contributed by atoms with Crippen molar-refractivity contribution in [3.05, 3.63) is 130 Å². The molecule has 0 N–H and O–H groups in total. The van der Waals surface area contributed by atoms with Crippen molar-refractivity contribution in [3.63, 3.8) is 0 Å². The summed E-state index contributed by atoms with van der Waals surface area (Å²) in [5.41, 5.74) is 3.90. The number of halogens is 2. The third kappa shape index (κ3) is 5.13. The van der Waals surface area contributed by atoms with Gasteiger partial charge >= 0.3 is 0 Å². The van der Waals surface area contributed by atoms with Gasteiger partial charge in [0.05, 0.1) is 22.6 Å². The normalized spacial score (nSPS) is 16.7. The fourth-order valence-electron chi connectivity index (χ4n) is 5.00. The lowest BCUT2D eigenvalue weighted by Gasteiger charge is -2.44. The van der Waals surface area contributed by atoms with E-state index in [0.29, 0.717) is 27.6 Å². The van der Waals surface area contributed by atoms with Crippen molar-refractivity contribution in [3.8, 4) is 0 Å². The number of fused-ring (bicyclic) bond motifs is 1. The zero-order valence-corrected chi connectivity index (χ0v) is 21.9. The molecule has 0 saturated heterocycles. The molecule has 5 rings (SSSR count). The molecule has 2 unspecified atom stereocenters. The summed E-state index contributed by atoms with van der Waals surface area (Å²) in [6.07, 6.45) is 0.654. The van der Waals surface area contributed by atoms with Gasteiger partial charge in [-0.05, 0) is 55.3 Å². The number of hydrogen-bond acceptors (Lipinski definition) is 3. The van der Waals surface area contributed by atoms with Crippen LogP contribution in [0.1, 0.15) is 45.7 Å². The fourth-order valence-corrected chi connectivity index (χ4v) is 5.29. The molecule has 0 bridgehead atoms.